The van der Waals surface area contributed by atoms with Crippen molar-refractivity contribution >= 4 is 5.97 Å². The van der Waals surface area contributed by atoms with Gasteiger partial charge >= 0.3 is 5.97 Å². The summed E-state index contributed by atoms with van der Waals surface area (Å²) in [6.07, 6.45) is -1.32. The van der Waals surface area contributed by atoms with Gasteiger partial charge in [0.2, 0.25) is 0 Å². The van der Waals surface area contributed by atoms with E-state index < -0.39 is 18.5 Å². The van der Waals surface area contributed by atoms with E-state index in [0.29, 0.717) is 13.2 Å². The average molecular weight is 161 g/mol. The van der Waals surface area contributed by atoms with Crippen LogP contribution < -0.4 is 0 Å². The molecule has 0 aliphatic rings. The third kappa shape index (κ3) is 5.85. The minimum Gasteiger partial charge on any atom is -0.466 e. The summed E-state index contributed by atoms with van der Waals surface area (Å²) in [4.78, 5) is 11.0. The first-order chi connectivity index (χ1) is 5.63. The molecule has 66 valence electrons. The number of ether oxygens (including phenoxy) is 2. The molecule has 0 fully saturated rings. The predicted octanol–water partition coefficient (Wildman–Crippen LogP) is 1.36. The monoisotopic (exact) mass is 161 g/mol. The lowest BCUT2D eigenvalue weighted by molar-refractivity contribution is -0.145. The molecule has 2 atom stereocenters. The highest BCUT2D eigenvalue weighted by Crippen LogP contribution is 1.98. The summed E-state index contributed by atoms with van der Waals surface area (Å²) >= 11 is 0. The Bertz CT molecular complexity index is 138. The minimum absolute atomic E-state index is 0.313. The molecule has 0 aromatic carbocycles. The van der Waals surface area contributed by atoms with Crippen molar-refractivity contribution in [3.63, 3.8) is 0 Å². The van der Waals surface area contributed by atoms with Crippen LogP contribution in [0.2, 0.25) is 0 Å². The van der Waals surface area contributed by atoms with E-state index in [1.165, 1.54) is 0 Å². The average Bonchev–Trinajstić information content (AvgIpc) is 2.04. The topological polar surface area (TPSA) is 35.5 Å². The quantitative estimate of drug-likeness (QED) is 0.571. The first-order valence-electron chi connectivity index (χ1n) is 4.41. The second kappa shape index (κ2) is 6.16. The van der Waals surface area contributed by atoms with Crippen molar-refractivity contribution in [2.75, 3.05) is 13.2 Å². The van der Waals surface area contributed by atoms with E-state index in [1.54, 1.807) is 13.8 Å². The molecule has 0 saturated carbocycles. The van der Waals surface area contributed by atoms with Crippen molar-refractivity contribution in [1.82, 2.24) is 0 Å². The van der Waals surface area contributed by atoms with Gasteiger partial charge in [0.05, 0.1) is 19.1 Å². The lowest BCUT2D eigenvalue weighted by Crippen LogP contribution is -2.16. The standard InChI is InChI=1S/C8H16O3/c1-4-10-7(3)6-8(9)11-5-2/h7H,4-6H2,1-3H3/t7-/m1/s1/i6D/t6?,7-. The Balaban J connectivity index is 3.82. The highest BCUT2D eigenvalue weighted by atomic mass is 16.5. The van der Waals surface area contributed by atoms with E-state index in [1.807, 2.05) is 6.92 Å². The maximum absolute atomic E-state index is 11.0. The third-order valence-electron chi connectivity index (χ3n) is 1.09. The van der Waals surface area contributed by atoms with Gasteiger partial charge in [-0.05, 0) is 20.8 Å². The van der Waals surface area contributed by atoms with Crippen LogP contribution in [0.3, 0.4) is 0 Å². The van der Waals surface area contributed by atoms with E-state index >= 15 is 0 Å². The van der Waals surface area contributed by atoms with Gasteiger partial charge in [0.1, 0.15) is 0 Å². The van der Waals surface area contributed by atoms with E-state index in [-0.39, 0.29) is 0 Å². The molecule has 0 rings (SSSR count). The van der Waals surface area contributed by atoms with Gasteiger partial charge in [0.25, 0.3) is 0 Å². The van der Waals surface area contributed by atoms with Crippen LogP contribution in [0, 0.1) is 0 Å². The Morgan fingerprint density at radius 1 is 1.55 bits per heavy atom. The number of esters is 1. The molecular formula is C8H16O3. The molecule has 0 N–H and O–H groups in total. The number of hydrogen-bond acceptors (Lipinski definition) is 3. The second-order valence-electron chi connectivity index (χ2n) is 2.08. The smallest absolute Gasteiger partial charge is 0.308 e. The first-order valence-corrected chi connectivity index (χ1v) is 3.83. The van der Waals surface area contributed by atoms with E-state index in [4.69, 9.17) is 6.11 Å². The van der Waals surface area contributed by atoms with Gasteiger partial charge in [-0.1, -0.05) is 0 Å². The SMILES string of the molecule is [2H]C(C(=O)OCC)[C@@H](C)OCC. The lowest BCUT2D eigenvalue weighted by atomic mass is 10.3. The minimum atomic E-state index is -0.926. The molecule has 1 unspecified atom stereocenters. The van der Waals surface area contributed by atoms with Crippen LogP contribution in [0.25, 0.3) is 0 Å². The number of carbonyl (C=O) groups is 1. The summed E-state index contributed by atoms with van der Waals surface area (Å²) in [5, 5.41) is 0. The number of carbonyl (C=O) groups excluding carboxylic acids is 1. The molecule has 3 nitrogen and oxygen atoms in total. The summed E-state index contributed by atoms with van der Waals surface area (Å²) in [5.41, 5.74) is 0. The van der Waals surface area contributed by atoms with Gasteiger partial charge in [-0.25, -0.2) is 0 Å². The van der Waals surface area contributed by atoms with Gasteiger partial charge in [0, 0.05) is 7.98 Å². The van der Waals surface area contributed by atoms with Crippen LogP contribution in [0.5, 0.6) is 0 Å². The lowest BCUT2D eigenvalue weighted by Gasteiger charge is -2.09. The maximum Gasteiger partial charge on any atom is 0.308 e. The van der Waals surface area contributed by atoms with Crippen molar-refractivity contribution in [2.45, 2.75) is 33.3 Å². The Kier molecular flexibility index (Phi) is 4.77. The molecular weight excluding hydrogens is 144 g/mol. The molecule has 0 aromatic heterocycles. The Morgan fingerprint density at radius 3 is 2.64 bits per heavy atom. The van der Waals surface area contributed by atoms with Crippen LogP contribution in [-0.2, 0) is 14.3 Å². The zero-order chi connectivity index (χ0) is 9.56. The fraction of sp³-hybridized carbons (Fsp3) is 0.875. The van der Waals surface area contributed by atoms with Crippen molar-refractivity contribution in [2.24, 2.45) is 0 Å². The first kappa shape index (κ1) is 8.53. The summed E-state index contributed by atoms with van der Waals surface area (Å²) in [7, 11) is 0. The van der Waals surface area contributed by atoms with Crippen molar-refractivity contribution in [1.29, 1.82) is 0 Å². The largest absolute Gasteiger partial charge is 0.466 e. The highest BCUT2D eigenvalue weighted by molar-refractivity contribution is 5.69. The zero-order valence-electron chi connectivity index (χ0n) is 8.29. The fourth-order valence-corrected chi connectivity index (χ4v) is 0.693. The normalized spacial score (nSPS) is 16.8. The van der Waals surface area contributed by atoms with E-state index in [2.05, 4.69) is 4.74 Å². The second-order valence-corrected chi connectivity index (χ2v) is 2.08. The molecule has 0 aliphatic carbocycles. The van der Waals surface area contributed by atoms with Gasteiger partial charge in [-0.15, -0.1) is 0 Å². The summed E-state index contributed by atoms with van der Waals surface area (Å²) in [6.45, 7) is 6.06. The molecule has 0 radical (unpaired) electrons. The van der Waals surface area contributed by atoms with Gasteiger partial charge in [0.15, 0.2) is 0 Å². The third-order valence-corrected chi connectivity index (χ3v) is 1.09. The molecule has 11 heavy (non-hydrogen) atoms. The van der Waals surface area contributed by atoms with Crippen LogP contribution in [0.1, 0.15) is 28.5 Å². The van der Waals surface area contributed by atoms with Crippen molar-refractivity contribution in [3.05, 3.63) is 0 Å². The van der Waals surface area contributed by atoms with Crippen LogP contribution in [0.4, 0.5) is 0 Å². The summed E-state index contributed by atoms with van der Waals surface area (Å²) in [5.74, 6) is -0.515. The summed E-state index contributed by atoms with van der Waals surface area (Å²) < 4.78 is 17.1. The van der Waals surface area contributed by atoms with E-state index in [0.717, 1.165) is 0 Å². The Morgan fingerprint density at radius 2 is 2.18 bits per heavy atom. The number of hydrogen-bond donors (Lipinski definition) is 0. The molecule has 0 saturated heterocycles. The zero-order valence-corrected chi connectivity index (χ0v) is 7.29. The Labute approximate surface area is 69.1 Å². The molecule has 0 amide bonds. The van der Waals surface area contributed by atoms with Crippen molar-refractivity contribution < 1.29 is 15.6 Å². The molecule has 0 spiro atoms. The van der Waals surface area contributed by atoms with Crippen LogP contribution in [0.15, 0.2) is 0 Å². The van der Waals surface area contributed by atoms with Crippen LogP contribution >= 0.6 is 0 Å². The van der Waals surface area contributed by atoms with E-state index in [9.17, 15) is 4.79 Å². The Hall–Kier alpha value is -0.570. The molecule has 0 heterocycles. The molecule has 0 bridgehead atoms. The van der Waals surface area contributed by atoms with Gasteiger partial charge in [-0.2, -0.15) is 0 Å². The highest BCUT2D eigenvalue weighted by Gasteiger charge is 2.08. The molecule has 3 heteroatoms. The van der Waals surface area contributed by atoms with Crippen molar-refractivity contribution in [3.8, 4) is 0 Å². The summed E-state index contributed by atoms with van der Waals surface area (Å²) in [6, 6.07) is 0. The molecule has 0 aliphatic heterocycles. The van der Waals surface area contributed by atoms with Gasteiger partial charge < -0.3 is 9.47 Å². The number of rotatable bonds is 5. The molecule has 0 aromatic rings. The fourth-order valence-electron chi connectivity index (χ4n) is 0.693. The van der Waals surface area contributed by atoms with Crippen LogP contribution in [-0.4, -0.2) is 25.3 Å². The maximum atomic E-state index is 11.0. The predicted molar refractivity (Wildman–Crippen MR) is 42.3 cm³/mol. The van der Waals surface area contributed by atoms with Gasteiger partial charge in [-0.3, -0.25) is 4.79 Å².